The molecule has 1 aliphatic heterocycles. The molecule has 1 aromatic heterocycles. The van der Waals surface area contributed by atoms with Crippen molar-refractivity contribution in [3.8, 4) is 0 Å². The Bertz CT molecular complexity index is 346. The highest BCUT2D eigenvalue weighted by atomic mass is 19.1. The average Bonchev–Trinajstić information content (AvgIpc) is 2.47. The summed E-state index contributed by atoms with van der Waals surface area (Å²) in [4.78, 5) is 4.00. The van der Waals surface area contributed by atoms with E-state index in [1.54, 1.807) is 18.5 Å². The molecule has 4 heteroatoms. The number of rotatable bonds is 2. The summed E-state index contributed by atoms with van der Waals surface area (Å²) in [5.74, 6) is 0. The van der Waals surface area contributed by atoms with Gasteiger partial charge in [-0.1, -0.05) is 0 Å². The molecule has 1 unspecified atom stereocenters. The van der Waals surface area contributed by atoms with Crippen molar-refractivity contribution in [2.45, 2.75) is 31.4 Å². The smallest absolute Gasteiger partial charge is 0.116 e. The largest absolute Gasteiger partial charge is 0.398 e. The van der Waals surface area contributed by atoms with Gasteiger partial charge in [0.1, 0.15) is 5.67 Å². The maximum atomic E-state index is 14.6. The number of pyridine rings is 1. The second-order valence-electron chi connectivity index (χ2n) is 4.51. The predicted octanol–water partition coefficient (Wildman–Crippen LogP) is 1.69. The number of hydrogen-bond donors (Lipinski definition) is 2. The SMILES string of the molecule is Nc1ccncc1CC1(F)CCCNCC1. The van der Waals surface area contributed by atoms with Gasteiger partial charge in [0.15, 0.2) is 0 Å². The molecule has 1 aliphatic rings. The number of halogens is 1. The molecular weight excluding hydrogens is 205 g/mol. The van der Waals surface area contributed by atoms with Crippen LogP contribution < -0.4 is 11.1 Å². The minimum Gasteiger partial charge on any atom is -0.398 e. The molecule has 88 valence electrons. The summed E-state index contributed by atoms with van der Waals surface area (Å²) in [5.41, 5.74) is 6.16. The third-order valence-corrected chi connectivity index (χ3v) is 3.18. The number of aromatic nitrogens is 1. The van der Waals surface area contributed by atoms with Gasteiger partial charge >= 0.3 is 0 Å². The van der Waals surface area contributed by atoms with Crippen LogP contribution in [0.15, 0.2) is 18.5 Å². The van der Waals surface area contributed by atoms with Gasteiger partial charge in [-0.3, -0.25) is 4.98 Å². The van der Waals surface area contributed by atoms with Crippen LogP contribution in [0, 0.1) is 0 Å². The Morgan fingerprint density at radius 3 is 3.12 bits per heavy atom. The standard InChI is InChI=1S/C12H18FN3/c13-12(3-1-5-15-7-4-12)8-10-9-16-6-2-11(10)14/h2,6,9,15H,1,3-5,7-8H2,(H2,14,16). The van der Waals surface area contributed by atoms with Gasteiger partial charge < -0.3 is 11.1 Å². The van der Waals surface area contributed by atoms with Gasteiger partial charge in [0.2, 0.25) is 0 Å². The Hall–Kier alpha value is -1.16. The zero-order chi connectivity index (χ0) is 11.4. The zero-order valence-electron chi connectivity index (χ0n) is 9.38. The zero-order valence-corrected chi connectivity index (χ0v) is 9.38. The molecule has 1 saturated heterocycles. The van der Waals surface area contributed by atoms with Crippen LogP contribution in [0.25, 0.3) is 0 Å². The second kappa shape index (κ2) is 4.78. The molecule has 1 atom stereocenters. The molecule has 3 nitrogen and oxygen atoms in total. The van der Waals surface area contributed by atoms with Gasteiger partial charge in [-0.25, -0.2) is 4.39 Å². The van der Waals surface area contributed by atoms with Gasteiger partial charge in [0.25, 0.3) is 0 Å². The molecule has 0 saturated carbocycles. The third-order valence-electron chi connectivity index (χ3n) is 3.18. The number of nitrogen functional groups attached to an aromatic ring is 1. The second-order valence-corrected chi connectivity index (χ2v) is 4.51. The van der Waals surface area contributed by atoms with E-state index in [1.807, 2.05) is 0 Å². The van der Waals surface area contributed by atoms with Crippen molar-refractivity contribution in [1.82, 2.24) is 10.3 Å². The van der Waals surface area contributed by atoms with Crippen molar-refractivity contribution in [3.63, 3.8) is 0 Å². The van der Waals surface area contributed by atoms with Crippen molar-refractivity contribution < 1.29 is 4.39 Å². The van der Waals surface area contributed by atoms with Crippen LogP contribution in [0.3, 0.4) is 0 Å². The van der Waals surface area contributed by atoms with Crippen molar-refractivity contribution in [2.24, 2.45) is 0 Å². The van der Waals surface area contributed by atoms with E-state index in [0.29, 0.717) is 24.9 Å². The molecule has 0 bridgehead atoms. The van der Waals surface area contributed by atoms with E-state index in [2.05, 4.69) is 10.3 Å². The van der Waals surface area contributed by atoms with E-state index in [9.17, 15) is 4.39 Å². The fourth-order valence-corrected chi connectivity index (χ4v) is 2.20. The summed E-state index contributed by atoms with van der Waals surface area (Å²) in [7, 11) is 0. The Morgan fingerprint density at radius 1 is 1.44 bits per heavy atom. The van der Waals surface area contributed by atoms with Crippen molar-refractivity contribution >= 4 is 5.69 Å². The summed E-state index contributed by atoms with van der Waals surface area (Å²) in [5, 5.41) is 3.22. The maximum absolute atomic E-state index is 14.6. The molecule has 0 radical (unpaired) electrons. The molecule has 1 aromatic rings. The molecule has 16 heavy (non-hydrogen) atoms. The van der Waals surface area contributed by atoms with Crippen LogP contribution in [0.4, 0.5) is 10.1 Å². The first kappa shape index (κ1) is 11.3. The molecule has 0 spiro atoms. The lowest BCUT2D eigenvalue weighted by Crippen LogP contribution is -2.28. The Labute approximate surface area is 95.3 Å². The maximum Gasteiger partial charge on any atom is 0.116 e. The van der Waals surface area contributed by atoms with Gasteiger partial charge in [-0.05, 0) is 44.0 Å². The topological polar surface area (TPSA) is 50.9 Å². The van der Waals surface area contributed by atoms with Crippen molar-refractivity contribution in [2.75, 3.05) is 18.8 Å². The van der Waals surface area contributed by atoms with E-state index in [-0.39, 0.29) is 0 Å². The summed E-state index contributed by atoms with van der Waals surface area (Å²) < 4.78 is 14.6. The number of nitrogens with one attached hydrogen (secondary N) is 1. The first-order valence-electron chi connectivity index (χ1n) is 5.78. The van der Waals surface area contributed by atoms with Crippen molar-refractivity contribution in [3.05, 3.63) is 24.0 Å². The number of hydrogen-bond acceptors (Lipinski definition) is 3. The van der Waals surface area contributed by atoms with Gasteiger partial charge in [0, 0.05) is 24.5 Å². The fourth-order valence-electron chi connectivity index (χ4n) is 2.20. The molecule has 2 heterocycles. The van der Waals surface area contributed by atoms with Gasteiger partial charge in [0.05, 0.1) is 0 Å². The Balaban J connectivity index is 2.10. The van der Waals surface area contributed by atoms with Crippen LogP contribution in [0.2, 0.25) is 0 Å². The third kappa shape index (κ3) is 2.70. The van der Waals surface area contributed by atoms with Crippen LogP contribution in [-0.2, 0) is 6.42 Å². The number of anilines is 1. The predicted molar refractivity (Wildman–Crippen MR) is 62.9 cm³/mol. The average molecular weight is 223 g/mol. The fraction of sp³-hybridized carbons (Fsp3) is 0.583. The first-order valence-corrected chi connectivity index (χ1v) is 5.78. The molecule has 0 aliphatic carbocycles. The quantitative estimate of drug-likeness (QED) is 0.802. The van der Waals surface area contributed by atoms with E-state index in [0.717, 1.165) is 25.1 Å². The Kier molecular flexibility index (Phi) is 3.39. The highest BCUT2D eigenvalue weighted by Crippen LogP contribution is 2.30. The summed E-state index contributed by atoms with van der Waals surface area (Å²) in [6.45, 7) is 1.66. The summed E-state index contributed by atoms with van der Waals surface area (Å²) in [6, 6.07) is 1.73. The van der Waals surface area contributed by atoms with Gasteiger partial charge in [-0.15, -0.1) is 0 Å². The normalized spacial score (nSPS) is 26.3. The lowest BCUT2D eigenvalue weighted by molar-refractivity contribution is 0.144. The molecule has 0 aromatic carbocycles. The molecule has 0 amide bonds. The van der Waals surface area contributed by atoms with E-state index in [4.69, 9.17) is 5.73 Å². The lowest BCUT2D eigenvalue weighted by Gasteiger charge is -2.23. The van der Waals surface area contributed by atoms with Crippen molar-refractivity contribution in [1.29, 1.82) is 0 Å². The van der Waals surface area contributed by atoms with E-state index < -0.39 is 5.67 Å². The molecular formula is C12H18FN3. The molecule has 1 fully saturated rings. The number of alkyl halides is 1. The monoisotopic (exact) mass is 223 g/mol. The van der Waals surface area contributed by atoms with Gasteiger partial charge in [-0.2, -0.15) is 0 Å². The minimum absolute atomic E-state index is 0.383. The van der Waals surface area contributed by atoms with Crippen LogP contribution in [-0.4, -0.2) is 23.7 Å². The number of nitrogens with two attached hydrogens (primary N) is 1. The first-order chi connectivity index (χ1) is 7.70. The highest BCUT2D eigenvalue weighted by molar-refractivity contribution is 5.45. The highest BCUT2D eigenvalue weighted by Gasteiger charge is 2.31. The van der Waals surface area contributed by atoms with E-state index >= 15 is 0 Å². The van der Waals surface area contributed by atoms with Crippen LogP contribution in [0.5, 0.6) is 0 Å². The Morgan fingerprint density at radius 2 is 2.31 bits per heavy atom. The summed E-state index contributed by atoms with van der Waals surface area (Å²) >= 11 is 0. The lowest BCUT2D eigenvalue weighted by atomic mass is 9.89. The number of nitrogens with zero attached hydrogens (tertiary/aromatic N) is 1. The molecule has 2 rings (SSSR count). The van der Waals surface area contributed by atoms with E-state index in [1.165, 1.54) is 0 Å². The molecule has 3 N–H and O–H groups in total. The van der Waals surface area contributed by atoms with Crippen LogP contribution in [0.1, 0.15) is 24.8 Å². The minimum atomic E-state index is -1.12. The summed E-state index contributed by atoms with van der Waals surface area (Å²) in [6.07, 6.45) is 5.74. The van der Waals surface area contributed by atoms with Crippen LogP contribution >= 0.6 is 0 Å².